The van der Waals surface area contributed by atoms with E-state index in [2.05, 4.69) is 20.7 Å². The van der Waals surface area contributed by atoms with Crippen LogP contribution in [0.5, 0.6) is 5.75 Å². The number of hydrogen-bond acceptors (Lipinski definition) is 4. The molecule has 0 fully saturated rings. The van der Waals surface area contributed by atoms with Crippen molar-refractivity contribution in [2.24, 2.45) is 0 Å². The SMILES string of the molecule is O=C(NS(=O)(=O)c1ccccc1Br)c1ccccc1OCc1ccc(Cl)cc1. The van der Waals surface area contributed by atoms with Gasteiger partial charge in [0.1, 0.15) is 17.3 Å². The van der Waals surface area contributed by atoms with E-state index in [0.717, 1.165) is 5.56 Å². The van der Waals surface area contributed by atoms with Gasteiger partial charge in [0.05, 0.1) is 5.56 Å². The number of carbonyl (C=O) groups excluding carboxylic acids is 1. The minimum absolute atomic E-state index is 0.0251. The highest BCUT2D eigenvalue weighted by atomic mass is 79.9. The third-order valence-electron chi connectivity index (χ3n) is 3.79. The average molecular weight is 481 g/mol. The van der Waals surface area contributed by atoms with Gasteiger partial charge in [0.2, 0.25) is 0 Å². The van der Waals surface area contributed by atoms with Crippen LogP contribution in [0, 0.1) is 0 Å². The van der Waals surface area contributed by atoms with Crippen LogP contribution in [0.25, 0.3) is 0 Å². The van der Waals surface area contributed by atoms with E-state index in [0.29, 0.717) is 9.50 Å². The Balaban J connectivity index is 1.79. The van der Waals surface area contributed by atoms with Gasteiger partial charge in [0.25, 0.3) is 15.9 Å². The Morgan fingerprint density at radius 1 is 0.964 bits per heavy atom. The van der Waals surface area contributed by atoms with Crippen LogP contribution in [0.4, 0.5) is 0 Å². The lowest BCUT2D eigenvalue weighted by Gasteiger charge is -2.13. The fourth-order valence-corrected chi connectivity index (χ4v) is 4.51. The van der Waals surface area contributed by atoms with Crippen LogP contribution in [0.15, 0.2) is 82.2 Å². The zero-order chi connectivity index (χ0) is 20.1. The molecule has 8 heteroatoms. The fourth-order valence-electron chi connectivity index (χ4n) is 2.42. The first kappa shape index (κ1) is 20.4. The third kappa shape index (κ3) is 4.92. The number of halogens is 2. The van der Waals surface area contributed by atoms with Gasteiger partial charge < -0.3 is 4.74 Å². The summed E-state index contributed by atoms with van der Waals surface area (Å²) in [6.45, 7) is 0.207. The second-order valence-electron chi connectivity index (χ2n) is 5.78. The van der Waals surface area contributed by atoms with Crippen LogP contribution in [-0.4, -0.2) is 14.3 Å². The molecule has 0 aliphatic heterocycles. The lowest BCUT2D eigenvalue weighted by Crippen LogP contribution is -2.31. The van der Waals surface area contributed by atoms with Gasteiger partial charge in [-0.05, 0) is 57.9 Å². The zero-order valence-corrected chi connectivity index (χ0v) is 17.6. The van der Waals surface area contributed by atoms with Crippen molar-refractivity contribution in [1.82, 2.24) is 4.72 Å². The summed E-state index contributed by atoms with van der Waals surface area (Å²) in [7, 11) is -4.04. The third-order valence-corrected chi connectivity index (χ3v) is 6.39. The van der Waals surface area contributed by atoms with Gasteiger partial charge in [-0.3, -0.25) is 4.79 Å². The Morgan fingerprint density at radius 2 is 1.61 bits per heavy atom. The van der Waals surface area contributed by atoms with Gasteiger partial charge in [-0.1, -0.05) is 48.0 Å². The van der Waals surface area contributed by atoms with E-state index in [9.17, 15) is 13.2 Å². The monoisotopic (exact) mass is 479 g/mol. The number of sulfonamides is 1. The Kier molecular flexibility index (Phi) is 6.39. The smallest absolute Gasteiger partial charge is 0.268 e. The summed E-state index contributed by atoms with van der Waals surface area (Å²) in [6.07, 6.45) is 0. The van der Waals surface area contributed by atoms with Crippen LogP contribution in [0.1, 0.15) is 15.9 Å². The molecule has 0 saturated heterocycles. The fraction of sp³-hybridized carbons (Fsp3) is 0.0500. The standard InChI is InChI=1S/C20H15BrClNO4S/c21-17-6-2-4-8-19(17)28(25,26)23-20(24)16-5-1-3-7-18(16)27-13-14-9-11-15(22)12-10-14/h1-12H,13H2,(H,23,24). The summed E-state index contributed by atoms with van der Waals surface area (Å²) < 4.78 is 33.3. The summed E-state index contributed by atoms with van der Waals surface area (Å²) >= 11 is 9.05. The number of ether oxygens (including phenoxy) is 1. The maximum atomic E-state index is 12.6. The maximum absolute atomic E-state index is 12.6. The molecule has 0 aliphatic carbocycles. The number of amides is 1. The van der Waals surface area contributed by atoms with Gasteiger partial charge in [-0.15, -0.1) is 0 Å². The van der Waals surface area contributed by atoms with Crippen molar-refractivity contribution in [3.05, 3.63) is 93.4 Å². The number of carbonyl (C=O) groups is 1. The highest BCUT2D eigenvalue weighted by Gasteiger charge is 2.22. The maximum Gasteiger partial charge on any atom is 0.268 e. The van der Waals surface area contributed by atoms with Crippen molar-refractivity contribution in [2.75, 3.05) is 0 Å². The Bertz CT molecular complexity index is 1100. The largest absolute Gasteiger partial charge is 0.488 e. The molecule has 0 atom stereocenters. The summed E-state index contributed by atoms with van der Waals surface area (Å²) in [5, 5.41) is 0.612. The van der Waals surface area contributed by atoms with Crippen LogP contribution < -0.4 is 9.46 Å². The van der Waals surface area contributed by atoms with Gasteiger partial charge in [-0.25, -0.2) is 13.1 Å². The molecule has 3 rings (SSSR count). The molecule has 0 bridgehead atoms. The Hall–Kier alpha value is -2.35. The molecule has 1 amide bonds. The molecule has 0 unspecified atom stereocenters. The van der Waals surface area contributed by atoms with Gasteiger partial charge >= 0.3 is 0 Å². The molecule has 0 heterocycles. The molecule has 0 aromatic heterocycles. The van der Waals surface area contributed by atoms with Crippen molar-refractivity contribution in [3.8, 4) is 5.75 Å². The van der Waals surface area contributed by atoms with Crippen LogP contribution in [0.2, 0.25) is 5.02 Å². The first-order chi connectivity index (χ1) is 13.4. The molecular formula is C20H15BrClNO4S. The molecule has 3 aromatic carbocycles. The van der Waals surface area contributed by atoms with E-state index in [1.807, 2.05) is 12.1 Å². The number of nitrogens with one attached hydrogen (secondary N) is 1. The first-order valence-electron chi connectivity index (χ1n) is 8.15. The van der Waals surface area contributed by atoms with Crippen LogP contribution in [0.3, 0.4) is 0 Å². The van der Waals surface area contributed by atoms with Gasteiger partial charge in [-0.2, -0.15) is 0 Å². The van der Waals surface area contributed by atoms with E-state index in [-0.39, 0.29) is 22.8 Å². The molecule has 0 aliphatic rings. The lowest BCUT2D eigenvalue weighted by molar-refractivity contribution is 0.0977. The summed E-state index contributed by atoms with van der Waals surface area (Å²) in [4.78, 5) is 12.6. The van der Waals surface area contributed by atoms with Crippen molar-refractivity contribution < 1.29 is 17.9 Å². The van der Waals surface area contributed by atoms with Crippen molar-refractivity contribution in [2.45, 2.75) is 11.5 Å². The number of benzene rings is 3. The molecule has 0 saturated carbocycles. The topological polar surface area (TPSA) is 72.5 Å². The van der Waals surface area contributed by atoms with E-state index >= 15 is 0 Å². The van der Waals surface area contributed by atoms with Crippen LogP contribution in [-0.2, 0) is 16.6 Å². The summed E-state index contributed by atoms with van der Waals surface area (Å²) in [5.74, 6) is -0.500. The summed E-state index contributed by atoms with van der Waals surface area (Å²) in [6, 6.07) is 19.8. The van der Waals surface area contributed by atoms with Crippen molar-refractivity contribution in [3.63, 3.8) is 0 Å². The zero-order valence-electron chi connectivity index (χ0n) is 14.4. The number of rotatable bonds is 6. The molecule has 3 aromatic rings. The Labute approximate surface area is 176 Å². The second kappa shape index (κ2) is 8.77. The first-order valence-corrected chi connectivity index (χ1v) is 10.8. The predicted octanol–water partition coefficient (Wildman–Crippen LogP) is 4.80. The molecular weight excluding hydrogens is 466 g/mol. The van der Waals surface area contributed by atoms with Gasteiger partial charge in [0.15, 0.2) is 0 Å². The minimum atomic E-state index is -4.04. The Morgan fingerprint density at radius 3 is 2.32 bits per heavy atom. The number of para-hydroxylation sites is 1. The molecule has 1 N–H and O–H groups in total. The molecule has 0 radical (unpaired) electrons. The number of hydrogen-bond donors (Lipinski definition) is 1. The van der Waals surface area contributed by atoms with Crippen LogP contribution >= 0.6 is 27.5 Å². The molecule has 144 valence electrons. The summed E-state index contributed by atoms with van der Waals surface area (Å²) in [5.41, 5.74) is 0.979. The molecule has 28 heavy (non-hydrogen) atoms. The average Bonchev–Trinajstić information content (AvgIpc) is 2.67. The molecule has 5 nitrogen and oxygen atoms in total. The normalized spacial score (nSPS) is 11.1. The van der Waals surface area contributed by atoms with Gasteiger partial charge in [0, 0.05) is 9.50 Å². The lowest BCUT2D eigenvalue weighted by atomic mass is 10.2. The minimum Gasteiger partial charge on any atom is -0.488 e. The molecule has 0 spiro atoms. The van der Waals surface area contributed by atoms with E-state index < -0.39 is 15.9 Å². The predicted molar refractivity (Wildman–Crippen MR) is 111 cm³/mol. The van der Waals surface area contributed by atoms with E-state index in [1.54, 1.807) is 48.5 Å². The van der Waals surface area contributed by atoms with Crippen molar-refractivity contribution in [1.29, 1.82) is 0 Å². The second-order valence-corrected chi connectivity index (χ2v) is 8.72. The quantitative estimate of drug-likeness (QED) is 0.550. The highest BCUT2D eigenvalue weighted by molar-refractivity contribution is 9.10. The van der Waals surface area contributed by atoms with E-state index in [4.69, 9.17) is 16.3 Å². The van der Waals surface area contributed by atoms with Crippen molar-refractivity contribution >= 4 is 43.5 Å². The van der Waals surface area contributed by atoms with E-state index in [1.165, 1.54) is 12.1 Å². The highest BCUT2D eigenvalue weighted by Crippen LogP contribution is 2.23.